The molecule has 0 aromatic heterocycles. The molecule has 0 aromatic rings. The summed E-state index contributed by atoms with van der Waals surface area (Å²) in [7, 11) is -10.2. The lowest BCUT2D eigenvalue weighted by Crippen LogP contribution is -2.66. The van der Waals surface area contributed by atoms with E-state index in [1.54, 1.807) is 12.2 Å². The topological polar surface area (TPSA) is 201 Å². The molecule has 0 bridgehead atoms. The smallest absolute Gasteiger partial charge is 0.393 e. The number of aliphatic hydroxyl groups excluding tert-OH is 1. The second kappa shape index (κ2) is 11.3. The molecule has 1 aliphatic heterocycles. The highest BCUT2D eigenvalue weighted by Gasteiger charge is 2.80. The molecule has 13 nitrogen and oxygen atoms in total. The lowest BCUT2D eigenvalue weighted by Gasteiger charge is -2.64. The Balaban J connectivity index is 1.47. The largest absolute Gasteiger partial charge is 0.481 e. The second-order valence-electron chi connectivity index (χ2n) is 13.1. The van der Waals surface area contributed by atoms with Crippen LogP contribution < -0.4 is 5.73 Å². The van der Waals surface area contributed by atoms with E-state index < -0.39 is 75.0 Å². The standard InChI is InChI=1S/C28H43NO12P2/c1-5-6-23-39-22-15-26(3)19-8-7-17-13-18(30)9-10-25(17,2)24(19)20(31)14-27(26,4)28(22,40-23)21(32)16-38-43(35,36)41-42(33,34)37-12-11-29/h9-10,13,19-20,22-24,31H,5-8,11-12,14-16,29H2,1-4H3,(H,33,34)(H,35,36)/t19-,20+,22-,23?,24-,25+,26+,27+,28-/m1/s1. The molecule has 5 rings (SSSR count). The van der Waals surface area contributed by atoms with E-state index in [-0.39, 0.29) is 30.6 Å². The molecule has 1 saturated heterocycles. The normalized spacial score (nSPS) is 44.4. The molecule has 15 heteroatoms. The number of rotatable bonds is 11. The minimum absolute atomic E-state index is 0.0652. The van der Waals surface area contributed by atoms with Crippen LogP contribution in [0, 0.1) is 28.1 Å². The Morgan fingerprint density at radius 1 is 1.16 bits per heavy atom. The average molecular weight is 648 g/mol. The van der Waals surface area contributed by atoms with E-state index in [1.165, 1.54) is 0 Å². The first kappa shape index (κ1) is 33.3. The van der Waals surface area contributed by atoms with Gasteiger partial charge in [0.15, 0.2) is 23.5 Å². The number of phosphoric ester groups is 2. The van der Waals surface area contributed by atoms with Gasteiger partial charge >= 0.3 is 15.6 Å². The number of hydrogen-bond donors (Lipinski definition) is 4. The molecule has 4 aliphatic carbocycles. The lowest BCUT2D eigenvalue weighted by atomic mass is 9.41. The molecule has 3 unspecified atom stereocenters. The maximum Gasteiger partial charge on any atom is 0.481 e. The molecule has 43 heavy (non-hydrogen) atoms. The molecule has 0 radical (unpaired) electrons. The number of carbonyl (C=O) groups excluding carboxylic acids is 2. The van der Waals surface area contributed by atoms with Gasteiger partial charge in [-0.05, 0) is 55.6 Å². The van der Waals surface area contributed by atoms with Crippen molar-refractivity contribution in [2.24, 2.45) is 33.8 Å². The quantitative estimate of drug-likeness (QED) is 0.238. The lowest BCUT2D eigenvalue weighted by molar-refractivity contribution is -0.225. The third-order valence-corrected chi connectivity index (χ3v) is 13.6. The van der Waals surface area contributed by atoms with Gasteiger partial charge in [-0.3, -0.25) is 18.6 Å². The number of nitrogens with two attached hydrogens (primary N) is 1. The fourth-order valence-corrected chi connectivity index (χ4v) is 11.0. The minimum atomic E-state index is -5.24. The molecule has 5 N–H and O–H groups in total. The third-order valence-electron chi connectivity index (χ3n) is 11.0. The van der Waals surface area contributed by atoms with Crippen molar-refractivity contribution in [2.45, 2.75) is 90.3 Å². The Labute approximate surface area is 251 Å². The summed E-state index contributed by atoms with van der Waals surface area (Å²) in [5.74, 6) is -1.04. The Bertz CT molecular complexity index is 1320. The van der Waals surface area contributed by atoms with Crippen molar-refractivity contribution in [1.82, 2.24) is 0 Å². The Kier molecular flexibility index (Phi) is 8.76. The molecule has 0 spiro atoms. The van der Waals surface area contributed by atoms with Gasteiger partial charge in [0.05, 0.1) is 18.8 Å². The molecule has 5 aliphatic rings. The number of ether oxygens (including phenoxy) is 2. The maximum atomic E-state index is 14.2. The van der Waals surface area contributed by atoms with Gasteiger partial charge in [-0.15, -0.1) is 0 Å². The summed E-state index contributed by atoms with van der Waals surface area (Å²) >= 11 is 0. The first-order chi connectivity index (χ1) is 20.0. The summed E-state index contributed by atoms with van der Waals surface area (Å²) in [6.07, 6.45) is 6.03. The molecule has 242 valence electrons. The molecule has 0 aromatic carbocycles. The van der Waals surface area contributed by atoms with Crippen LogP contribution in [0.1, 0.15) is 66.2 Å². The van der Waals surface area contributed by atoms with Crippen LogP contribution in [0.3, 0.4) is 0 Å². The first-order valence-electron chi connectivity index (χ1n) is 14.8. The summed E-state index contributed by atoms with van der Waals surface area (Å²) in [6, 6.07) is 0. The molecular formula is C28H43NO12P2. The number of fused-ring (bicyclic) bond motifs is 7. The van der Waals surface area contributed by atoms with E-state index in [9.17, 15) is 33.6 Å². The Morgan fingerprint density at radius 2 is 1.86 bits per heavy atom. The number of phosphoric acid groups is 2. The van der Waals surface area contributed by atoms with Gasteiger partial charge in [0.2, 0.25) is 0 Å². The van der Waals surface area contributed by atoms with Crippen LogP contribution in [0.25, 0.3) is 0 Å². The fraction of sp³-hybridized carbons (Fsp3) is 0.786. The van der Waals surface area contributed by atoms with Gasteiger partial charge in [-0.1, -0.05) is 45.8 Å². The van der Waals surface area contributed by atoms with Crippen LogP contribution in [-0.4, -0.2) is 70.3 Å². The Hall–Kier alpha value is -1.08. The van der Waals surface area contributed by atoms with Gasteiger partial charge in [-0.25, -0.2) is 9.13 Å². The maximum absolute atomic E-state index is 14.2. The molecule has 11 atom stereocenters. The fourth-order valence-electron chi connectivity index (χ4n) is 9.00. The van der Waals surface area contributed by atoms with Crippen molar-refractivity contribution < 1.29 is 56.4 Å². The van der Waals surface area contributed by atoms with Crippen molar-refractivity contribution in [3.8, 4) is 0 Å². The zero-order chi connectivity index (χ0) is 31.6. The summed E-state index contributed by atoms with van der Waals surface area (Å²) < 4.78 is 51.3. The number of aliphatic hydroxyl groups is 1. The number of Topliss-reactive ketones (excluding diaryl/α,β-unsaturated/α-hetero) is 1. The highest BCUT2D eigenvalue weighted by Crippen LogP contribution is 2.75. The van der Waals surface area contributed by atoms with Crippen molar-refractivity contribution in [2.75, 3.05) is 19.8 Å². The van der Waals surface area contributed by atoms with Crippen LogP contribution in [0.5, 0.6) is 0 Å². The summed E-state index contributed by atoms with van der Waals surface area (Å²) in [5, 5.41) is 11.9. The number of ketones is 2. The highest BCUT2D eigenvalue weighted by atomic mass is 31.3. The second-order valence-corrected chi connectivity index (χ2v) is 16.2. The zero-order valence-corrected chi connectivity index (χ0v) is 26.8. The summed E-state index contributed by atoms with van der Waals surface area (Å²) in [6.45, 7) is 6.49. The van der Waals surface area contributed by atoms with Crippen molar-refractivity contribution in [3.63, 3.8) is 0 Å². The van der Waals surface area contributed by atoms with Crippen LogP contribution in [-0.2, 0) is 41.6 Å². The number of allylic oxidation sites excluding steroid dienone is 4. The van der Waals surface area contributed by atoms with E-state index in [2.05, 4.69) is 22.7 Å². The minimum Gasteiger partial charge on any atom is -0.393 e. The molecule has 4 fully saturated rings. The number of carbonyl (C=O) groups is 2. The number of hydrogen-bond acceptors (Lipinski definition) is 11. The zero-order valence-electron chi connectivity index (χ0n) is 25.0. The van der Waals surface area contributed by atoms with Gasteiger partial charge in [0.1, 0.15) is 6.61 Å². The van der Waals surface area contributed by atoms with E-state index in [1.807, 2.05) is 19.9 Å². The van der Waals surface area contributed by atoms with Crippen LogP contribution in [0.15, 0.2) is 23.8 Å². The molecule has 3 saturated carbocycles. The monoisotopic (exact) mass is 647 g/mol. The first-order valence-corrected chi connectivity index (χ1v) is 17.8. The SMILES string of the molecule is CCCC1O[C@@H]2C[C@@]3(C)[C@@H]4CCC5=CC(=O)C=C[C@]5(C)[C@H]4[C@@H](O)C[C@]3(C)[C@]2(C(=O)COP(=O)(O)OP(=O)(O)OCCN)O1. The van der Waals surface area contributed by atoms with Crippen LogP contribution in [0.4, 0.5) is 0 Å². The summed E-state index contributed by atoms with van der Waals surface area (Å²) in [4.78, 5) is 46.4. The van der Waals surface area contributed by atoms with E-state index in [0.717, 1.165) is 5.57 Å². The van der Waals surface area contributed by atoms with Gasteiger partial charge in [-0.2, -0.15) is 4.31 Å². The summed E-state index contributed by atoms with van der Waals surface area (Å²) in [5.41, 5.74) is 2.50. The van der Waals surface area contributed by atoms with E-state index >= 15 is 0 Å². The van der Waals surface area contributed by atoms with Gasteiger partial charge < -0.3 is 30.1 Å². The van der Waals surface area contributed by atoms with E-state index in [4.69, 9.17) is 19.7 Å². The molecule has 0 amide bonds. The highest BCUT2D eigenvalue weighted by molar-refractivity contribution is 7.61. The van der Waals surface area contributed by atoms with E-state index in [0.29, 0.717) is 32.1 Å². The third kappa shape index (κ3) is 5.22. The van der Waals surface area contributed by atoms with Crippen molar-refractivity contribution >= 4 is 27.2 Å². The molecule has 1 heterocycles. The predicted molar refractivity (Wildman–Crippen MR) is 152 cm³/mol. The van der Waals surface area contributed by atoms with Gasteiger partial charge in [0, 0.05) is 23.3 Å². The van der Waals surface area contributed by atoms with Gasteiger partial charge in [0.25, 0.3) is 0 Å². The van der Waals surface area contributed by atoms with Crippen molar-refractivity contribution in [3.05, 3.63) is 23.8 Å². The van der Waals surface area contributed by atoms with Crippen molar-refractivity contribution in [1.29, 1.82) is 0 Å². The van der Waals surface area contributed by atoms with Crippen LogP contribution >= 0.6 is 15.6 Å². The molecular weight excluding hydrogens is 604 g/mol. The predicted octanol–water partition coefficient (Wildman–Crippen LogP) is 3.32. The Morgan fingerprint density at radius 3 is 2.53 bits per heavy atom. The van der Waals surface area contributed by atoms with Crippen LogP contribution in [0.2, 0.25) is 0 Å². The average Bonchev–Trinajstić information content (AvgIpc) is 3.35.